The highest BCUT2D eigenvalue weighted by molar-refractivity contribution is 5.75. The number of nitrogens with zero attached hydrogens (tertiary/aromatic N) is 2. The number of nitrogens with one attached hydrogen (secondary N) is 1. The van der Waals surface area contributed by atoms with Gasteiger partial charge in [0.05, 0.1) is 18.9 Å². The van der Waals surface area contributed by atoms with Gasteiger partial charge in [-0.1, -0.05) is 0 Å². The van der Waals surface area contributed by atoms with Gasteiger partial charge in [-0.15, -0.1) is 0 Å². The molecular formula is C10H17N3O3. The monoisotopic (exact) mass is 227 g/mol. The van der Waals surface area contributed by atoms with Crippen LogP contribution < -0.4 is 5.32 Å². The summed E-state index contributed by atoms with van der Waals surface area (Å²) in [7, 11) is 0. The number of carboxylic acid groups (broad SMARTS) is 1. The van der Waals surface area contributed by atoms with E-state index in [2.05, 4.69) is 5.32 Å². The summed E-state index contributed by atoms with van der Waals surface area (Å²) in [6.45, 7) is 4.14. The molecule has 6 heteroatoms. The van der Waals surface area contributed by atoms with Gasteiger partial charge in [0, 0.05) is 19.1 Å². The fourth-order valence-corrected chi connectivity index (χ4v) is 1.14. The number of hydrogen-bond donors (Lipinski definition) is 2. The molecule has 0 aliphatic heterocycles. The summed E-state index contributed by atoms with van der Waals surface area (Å²) in [6.07, 6.45) is 0.167. The first-order chi connectivity index (χ1) is 7.49. The third-order valence-electron chi connectivity index (χ3n) is 1.96. The van der Waals surface area contributed by atoms with Gasteiger partial charge in [-0.3, -0.25) is 4.79 Å². The molecule has 2 amide bonds. The molecule has 0 fully saturated rings. The maximum Gasteiger partial charge on any atom is 0.317 e. The van der Waals surface area contributed by atoms with Crippen LogP contribution in [0, 0.1) is 11.3 Å². The zero-order chi connectivity index (χ0) is 12.6. The van der Waals surface area contributed by atoms with E-state index in [1.165, 1.54) is 4.90 Å². The van der Waals surface area contributed by atoms with Crippen molar-refractivity contribution in [1.29, 1.82) is 5.26 Å². The highest BCUT2D eigenvalue weighted by atomic mass is 16.4. The zero-order valence-corrected chi connectivity index (χ0v) is 9.56. The Morgan fingerprint density at radius 1 is 1.50 bits per heavy atom. The van der Waals surface area contributed by atoms with E-state index >= 15 is 0 Å². The molecule has 16 heavy (non-hydrogen) atoms. The quantitative estimate of drug-likeness (QED) is 0.701. The van der Waals surface area contributed by atoms with Gasteiger partial charge in [-0.2, -0.15) is 5.26 Å². The van der Waals surface area contributed by atoms with Crippen molar-refractivity contribution in [3.05, 3.63) is 0 Å². The Bertz CT molecular complexity index is 284. The summed E-state index contributed by atoms with van der Waals surface area (Å²) in [4.78, 5) is 23.3. The van der Waals surface area contributed by atoms with E-state index in [-0.39, 0.29) is 31.5 Å². The average molecular weight is 227 g/mol. The third-order valence-corrected chi connectivity index (χ3v) is 1.96. The number of urea groups is 1. The van der Waals surface area contributed by atoms with Gasteiger partial charge in [0.2, 0.25) is 0 Å². The van der Waals surface area contributed by atoms with Gasteiger partial charge in [-0.25, -0.2) is 4.79 Å². The van der Waals surface area contributed by atoms with E-state index < -0.39 is 5.97 Å². The molecule has 0 unspecified atom stereocenters. The molecule has 90 valence electrons. The summed E-state index contributed by atoms with van der Waals surface area (Å²) >= 11 is 0. The second kappa shape index (κ2) is 7.51. The minimum absolute atomic E-state index is 0.0156. The third kappa shape index (κ3) is 5.86. The Labute approximate surface area is 94.8 Å². The van der Waals surface area contributed by atoms with Gasteiger partial charge in [-0.05, 0) is 13.8 Å². The zero-order valence-electron chi connectivity index (χ0n) is 9.56. The van der Waals surface area contributed by atoms with Crippen LogP contribution in [0.4, 0.5) is 4.79 Å². The van der Waals surface area contributed by atoms with Crippen molar-refractivity contribution >= 4 is 12.0 Å². The highest BCUT2D eigenvalue weighted by Gasteiger charge is 2.15. The van der Waals surface area contributed by atoms with Crippen LogP contribution in [0.2, 0.25) is 0 Å². The van der Waals surface area contributed by atoms with Crippen LogP contribution in [0.15, 0.2) is 0 Å². The van der Waals surface area contributed by atoms with E-state index in [9.17, 15) is 9.59 Å². The van der Waals surface area contributed by atoms with Gasteiger partial charge in [0.1, 0.15) is 0 Å². The number of hydrogen-bond acceptors (Lipinski definition) is 3. The van der Waals surface area contributed by atoms with Crippen molar-refractivity contribution in [2.75, 3.05) is 13.1 Å². The first-order valence-corrected chi connectivity index (χ1v) is 5.12. The standard InChI is InChI=1S/C10H17N3O3/c1-8(2)13(7-3-5-11)10(16)12-6-4-9(14)15/h8H,3-4,6-7H2,1-2H3,(H,12,16)(H,14,15). The lowest BCUT2D eigenvalue weighted by Crippen LogP contribution is -2.44. The summed E-state index contributed by atoms with van der Waals surface area (Å²) in [5.74, 6) is -0.951. The van der Waals surface area contributed by atoms with Crippen LogP contribution in [0.5, 0.6) is 0 Å². The molecule has 0 aliphatic rings. The molecule has 0 aromatic carbocycles. The van der Waals surface area contributed by atoms with Crippen LogP contribution >= 0.6 is 0 Å². The lowest BCUT2D eigenvalue weighted by molar-refractivity contribution is -0.136. The number of amides is 2. The minimum Gasteiger partial charge on any atom is -0.481 e. The average Bonchev–Trinajstić information content (AvgIpc) is 2.17. The Hall–Kier alpha value is -1.77. The Morgan fingerprint density at radius 3 is 2.56 bits per heavy atom. The van der Waals surface area contributed by atoms with Crippen LogP contribution in [-0.2, 0) is 4.79 Å². The number of nitriles is 1. The molecule has 0 radical (unpaired) electrons. The second-order valence-corrected chi connectivity index (χ2v) is 3.57. The number of aliphatic carboxylic acids is 1. The first-order valence-electron chi connectivity index (χ1n) is 5.12. The highest BCUT2D eigenvalue weighted by Crippen LogP contribution is 2.00. The predicted molar refractivity (Wildman–Crippen MR) is 57.7 cm³/mol. The molecule has 0 aromatic rings. The number of carboxylic acids is 1. The minimum atomic E-state index is -0.951. The molecule has 0 saturated carbocycles. The molecule has 0 aromatic heterocycles. The summed E-state index contributed by atoms with van der Waals surface area (Å²) in [5, 5.41) is 19.4. The van der Waals surface area contributed by atoms with Crippen LogP contribution in [-0.4, -0.2) is 41.1 Å². The maximum absolute atomic E-state index is 11.6. The predicted octanol–water partition coefficient (Wildman–Crippen LogP) is 0.795. The largest absolute Gasteiger partial charge is 0.481 e. The van der Waals surface area contributed by atoms with Crippen molar-refractivity contribution < 1.29 is 14.7 Å². The summed E-state index contributed by atoms with van der Waals surface area (Å²) in [6, 6.07) is 1.62. The summed E-state index contributed by atoms with van der Waals surface area (Å²) < 4.78 is 0. The molecule has 0 bridgehead atoms. The number of rotatable bonds is 6. The summed E-state index contributed by atoms with van der Waals surface area (Å²) in [5.41, 5.74) is 0. The topological polar surface area (TPSA) is 93.4 Å². The first kappa shape index (κ1) is 14.2. The Kier molecular flexibility index (Phi) is 6.68. The van der Waals surface area contributed by atoms with E-state index in [1.54, 1.807) is 0 Å². The maximum atomic E-state index is 11.6. The fraction of sp³-hybridized carbons (Fsp3) is 0.700. The lowest BCUT2D eigenvalue weighted by Gasteiger charge is -2.25. The van der Waals surface area contributed by atoms with Crippen LogP contribution in [0.25, 0.3) is 0 Å². The molecule has 0 aliphatic carbocycles. The Morgan fingerprint density at radius 2 is 2.12 bits per heavy atom. The molecule has 6 nitrogen and oxygen atoms in total. The fourth-order valence-electron chi connectivity index (χ4n) is 1.14. The smallest absolute Gasteiger partial charge is 0.317 e. The van der Waals surface area contributed by atoms with Gasteiger partial charge in [0.15, 0.2) is 0 Å². The van der Waals surface area contributed by atoms with E-state index in [0.717, 1.165) is 0 Å². The van der Waals surface area contributed by atoms with Gasteiger partial charge < -0.3 is 15.3 Å². The molecule has 0 spiro atoms. The molecule has 0 atom stereocenters. The van der Waals surface area contributed by atoms with E-state index in [0.29, 0.717) is 6.54 Å². The molecule has 0 heterocycles. The molecular weight excluding hydrogens is 210 g/mol. The normalized spacial score (nSPS) is 9.62. The van der Waals surface area contributed by atoms with Crippen molar-refractivity contribution in [2.45, 2.75) is 32.7 Å². The van der Waals surface area contributed by atoms with E-state index in [1.807, 2.05) is 19.9 Å². The van der Waals surface area contributed by atoms with Crippen molar-refractivity contribution in [1.82, 2.24) is 10.2 Å². The SMILES string of the molecule is CC(C)N(CCC#N)C(=O)NCCC(=O)O. The molecule has 2 N–H and O–H groups in total. The lowest BCUT2D eigenvalue weighted by atomic mass is 10.3. The number of carbonyl (C=O) groups is 2. The van der Waals surface area contributed by atoms with Crippen molar-refractivity contribution in [3.63, 3.8) is 0 Å². The molecule has 0 rings (SSSR count). The number of carbonyl (C=O) groups excluding carboxylic acids is 1. The second-order valence-electron chi connectivity index (χ2n) is 3.57. The van der Waals surface area contributed by atoms with Crippen molar-refractivity contribution in [2.24, 2.45) is 0 Å². The van der Waals surface area contributed by atoms with Gasteiger partial charge >= 0.3 is 12.0 Å². The van der Waals surface area contributed by atoms with E-state index in [4.69, 9.17) is 10.4 Å². The van der Waals surface area contributed by atoms with Crippen LogP contribution in [0.3, 0.4) is 0 Å². The Balaban J connectivity index is 4.07. The van der Waals surface area contributed by atoms with Crippen LogP contribution in [0.1, 0.15) is 26.7 Å². The van der Waals surface area contributed by atoms with Crippen molar-refractivity contribution in [3.8, 4) is 6.07 Å². The molecule has 0 saturated heterocycles. The van der Waals surface area contributed by atoms with Gasteiger partial charge in [0.25, 0.3) is 0 Å².